The minimum absolute atomic E-state index is 0.0999. The number of carbonyl (C=O) groups excluding carboxylic acids is 2. The summed E-state index contributed by atoms with van der Waals surface area (Å²) in [6.07, 6.45) is -4.45. The van der Waals surface area contributed by atoms with Gasteiger partial charge < -0.3 is 10.6 Å². The second kappa shape index (κ2) is 6.51. The molecule has 120 valence electrons. The number of anilines is 2. The number of amides is 2. The van der Waals surface area contributed by atoms with Crippen LogP contribution in [0, 0.1) is 6.92 Å². The van der Waals surface area contributed by atoms with E-state index in [1.165, 1.54) is 0 Å². The van der Waals surface area contributed by atoms with E-state index in [2.05, 4.69) is 10.6 Å². The summed E-state index contributed by atoms with van der Waals surface area (Å²) >= 11 is 0. The van der Waals surface area contributed by atoms with Gasteiger partial charge in [-0.05, 0) is 42.8 Å². The van der Waals surface area contributed by atoms with Gasteiger partial charge in [0.05, 0.1) is 5.56 Å². The molecule has 23 heavy (non-hydrogen) atoms. The van der Waals surface area contributed by atoms with Crippen molar-refractivity contribution in [2.75, 3.05) is 10.6 Å². The second-order valence-electron chi connectivity index (χ2n) is 4.80. The van der Waals surface area contributed by atoms with Gasteiger partial charge in [0.1, 0.15) is 0 Å². The average molecular weight is 322 g/mol. The van der Waals surface area contributed by atoms with Crippen LogP contribution in [0.3, 0.4) is 0 Å². The van der Waals surface area contributed by atoms with Crippen molar-refractivity contribution in [3.8, 4) is 0 Å². The van der Waals surface area contributed by atoms with E-state index in [-0.39, 0.29) is 5.69 Å². The van der Waals surface area contributed by atoms with E-state index in [9.17, 15) is 22.8 Å². The lowest BCUT2D eigenvalue weighted by atomic mass is 10.2. The summed E-state index contributed by atoms with van der Waals surface area (Å²) in [6, 6.07) is 10.7. The molecule has 2 aromatic rings. The molecular weight excluding hydrogens is 309 g/mol. The van der Waals surface area contributed by atoms with Gasteiger partial charge in [0.15, 0.2) is 0 Å². The van der Waals surface area contributed by atoms with Gasteiger partial charge in [-0.3, -0.25) is 9.59 Å². The second-order valence-corrected chi connectivity index (χ2v) is 4.80. The summed E-state index contributed by atoms with van der Waals surface area (Å²) in [6.45, 7) is 1.77. The average Bonchev–Trinajstić information content (AvgIpc) is 2.49. The Morgan fingerprint density at radius 1 is 0.870 bits per heavy atom. The van der Waals surface area contributed by atoms with Crippen LogP contribution in [0.1, 0.15) is 11.1 Å². The zero-order valence-corrected chi connectivity index (χ0v) is 12.1. The summed E-state index contributed by atoms with van der Waals surface area (Å²) in [7, 11) is 0. The molecule has 2 aromatic carbocycles. The van der Waals surface area contributed by atoms with Crippen LogP contribution >= 0.6 is 0 Å². The molecule has 0 aliphatic heterocycles. The van der Waals surface area contributed by atoms with Crippen molar-refractivity contribution in [2.45, 2.75) is 13.1 Å². The first-order valence-corrected chi connectivity index (χ1v) is 6.62. The molecular formula is C16H13F3N2O2. The molecule has 0 saturated heterocycles. The fraction of sp³-hybridized carbons (Fsp3) is 0.125. The third-order valence-corrected chi connectivity index (χ3v) is 3.07. The molecule has 0 radical (unpaired) electrons. The van der Waals surface area contributed by atoms with Crippen molar-refractivity contribution >= 4 is 23.2 Å². The van der Waals surface area contributed by atoms with Crippen molar-refractivity contribution < 1.29 is 22.8 Å². The molecule has 2 amide bonds. The molecule has 0 fully saturated rings. The van der Waals surface area contributed by atoms with Gasteiger partial charge in [0.25, 0.3) is 0 Å². The highest BCUT2D eigenvalue weighted by atomic mass is 19.4. The van der Waals surface area contributed by atoms with Gasteiger partial charge in [0, 0.05) is 11.4 Å². The van der Waals surface area contributed by atoms with Gasteiger partial charge in [-0.25, -0.2) is 0 Å². The van der Waals surface area contributed by atoms with Crippen molar-refractivity contribution in [1.82, 2.24) is 0 Å². The molecule has 4 nitrogen and oxygen atoms in total. The molecule has 0 spiro atoms. The van der Waals surface area contributed by atoms with Gasteiger partial charge in [-0.2, -0.15) is 13.2 Å². The van der Waals surface area contributed by atoms with Crippen LogP contribution < -0.4 is 10.6 Å². The van der Waals surface area contributed by atoms with Crippen molar-refractivity contribution in [3.05, 3.63) is 59.7 Å². The van der Waals surface area contributed by atoms with Crippen LogP contribution in [-0.2, 0) is 15.8 Å². The predicted octanol–water partition coefficient (Wildman–Crippen LogP) is 3.59. The first-order chi connectivity index (χ1) is 10.8. The van der Waals surface area contributed by atoms with E-state index in [4.69, 9.17) is 0 Å². The Kier molecular flexibility index (Phi) is 4.68. The van der Waals surface area contributed by atoms with Crippen LogP contribution in [0.2, 0.25) is 0 Å². The molecule has 0 aliphatic rings. The first kappa shape index (κ1) is 16.5. The molecule has 0 aromatic heterocycles. The maximum absolute atomic E-state index is 12.4. The zero-order chi connectivity index (χ0) is 17.0. The Hall–Kier alpha value is -2.83. The fourth-order valence-electron chi connectivity index (χ4n) is 1.82. The minimum Gasteiger partial charge on any atom is -0.318 e. The van der Waals surface area contributed by atoms with Crippen LogP contribution in [0.15, 0.2) is 48.5 Å². The van der Waals surface area contributed by atoms with E-state index in [1.807, 2.05) is 0 Å². The molecule has 0 bridgehead atoms. The van der Waals surface area contributed by atoms with Crippen LogP contribution in [0.5, 0.6) is 0 Å². The van der Waals surface area contributed by atoms with E-state index in [0.717, 1.165) is 29.8 Å². The summed E-state index contributed by atoms with van der Waals surface area (Å²) in [4.78, 5) is 23.6. The van der Waals surface area contributed by atoms with E-state index < -0.39 is 23.6 Å². The molecule has 0 heterocycles. The number of halogens is 3. The molecule has 0 unspecified atom stereocenters. The number of nitrogens with one attached hydrogen (secondary N) is 2. The number of hydrogen-bond acceptors (Lipinski definition) is 2. The smallest absolute Gasteiger partial charge is 0.318 e. The summed E-state index contributed by atoms with van der Waals surface area (Å²) < 4.78 is 37.3. The molecule has 2 N–H and O–H groups in total. The Balaban J connectivity index is 2.01. The van der Waals surface area contributed by atoms with Crippen molar-refractivity contribution in [2.24, 2.45) is 0 Å². The number of rotatable bonds is 2. The minimum atomic E-state index is -4.45. The number of hydrogen-bond donors (Lipinski definition) is 2. The third kappa shape index (κ3) is 4.32. The summed E-state index contributed by atoms with van der Waals surface area (Å²) in [5.74, 6) is -1.87. The third-order valence-electron chi connectivity index (χ3n) is 3.07. The lowest BCUT2D eigenvalue weighted by Crippen LogP contribution is -2.29. The largest absolute Gasteiger partial charge is 0.416 e. The van der Waals surface area contributed by atoms with Gasteiger partial charge in [-0.15, -0.1) is 0 Å². The Morgan fingerprint density at radius 2 is 1.43 bits per heavy atom. The summed E-state index contributed by atoms with van der Waals surface area (Å²) in [5.41, 5.74) is 0.533. The van der Waals surface area contributed by atoms with E-state index >= 15 is 0 Å². The zero-order valence-electron chi connectivity index (χ0n) is 12.1. The lowest BCUT2D eigenvalue weighted by molar-refractivity contribution is -0.137. The van der Waals surface area contributed by atoms with Crippen LogP contribution in [-0.4, -0.2) is 11.8 Å². The van der Waals surface area contributed by atoms with Gasteiger partial charge in [-0.1, -0.05) is 18.2 Å². The summed E-state index contributed by atoms with van der Waals surface area (Å²) in [5, 5.41) is 4.68. The highest BCUT2D eigenvalue weighted by Gasteiger charge is 2.30. The quantitative estimate of drug-likeness (QED) is 0.830. The number of para-hydroxylation sites is 1. The molecule has 7 heteroatoms. The van der Waals surface area contributed by atoms with Crippen LogP contribution in [0.25, 0.3) is 0 Å². The van der Waals surface area contributed by atoms with Gasteiger partial charge >= 0.3 is 18.0 Å². The Bertz CT molecular complexity index is 725. The number of carbonyl (C=O) groups is 2. The Labute approximate surface area is 130 Å². The molecule has 2 rings (SSSR count). The maximum atomic E-state index is 12.4. The topological polar surface area (TPSA) is 58.2 Å². The SMILES string of the molecule is Cc1ccccc1NC(=O)C(=O)Nc1ccc(C(F)(F)F)cc1. The normalized spacial score (nSPS) is 11.0. The maximum Gasteiger partial charge on any atom is 0.416 e. The highest BCUT2D eigenvalue weighted by Crippen LogP contribution is 2.29. The molecule has 0 atom stereocenters. The van der Waals surface area contributed by atoms with Crippen molar-refractivity contribution in [3.63, 3.8) is 0 Å². The van der Waals surface area contributed by atoms with Gasteiger partial charge in [0.2, 0.25) is 0 Å². The molecule has 0 saturated carbocycles. The molecule has 0 aliphatic carbocycles. The van der Waals surface area contributed by atoms with Crippen LogP contribution in [0.4, 0.5) is 24.5 Å². The van der Waals surface area contributed by atoms with Crippen molar-refractivity contribution in [1.29, 1.82) is 0 Å². The fourth-order valence-corrected chi connectivity index (χ4v) is 1.82. The monoisotopic (exact) mass is 322 g/mol. The predicted molar refractivity (Wildman–Crippen MR) is 79.9 cm³/mol. The first-order valence-electron chi connectivity index (χ1n) is 6.62. The number of aryl methyl sites for hydroxylation is 1. The lowest BCUT2D eigenvalue weighted by Gasteiger charge is -2.10. The highest BCUT2D eigenvalue weighted by molar-refractivity contribution is 6.43. The van der Waals surface area contributed by atoms with E-state index in [1.54, 1.807) is 31.2 Å². The number of benzene rings is 2. The van der Waals surface area contributed by atoms with E-state index in [0.29, 0.717) is 5.69 Å². The number of alkyl halides is 3. The Morgan fingerprint density at radius 3 is 2.00 bits per heavy atom. The standard InChI is InChI=1S/C16H13F3N2O2/c1-10-4-2-3-5-13(10)21-15(23)14(22)20-12-8-6-11(7-9-12)16(17,18)19/h2-9H,1H3,(H,20,22)(H,21,23).